The Morgan fingerprint density at radius 2 is 1.94 bits per heavy atom. The van der Waals surface area contributed by atoms with Gasteiger partial charge in [-0.2, -0.15) is 0 Å². The van der Waals surface area contributed by atoms with Gasteiger partial charge in [-0.3, -0.25) is 9.69 Å². The van der Waals surface area contributed by atoms with Gasteiger partial charge in [0.1, 0.15) is 18.1 Å². The van der Waals surface area contributed by atoms with Crippen molar-refractivity contribution in [3.8, 4) is 28.5 Å². The Morgan fingerprint density at radius 3 is 2.66 bits per heavy atom. The fourth-order valence-electron chi connectivity index (χ4n) is 4.23. The van der Waals surface area contributed by atoms with Crippen LogP contribution in [0.3, 0.4) is 0 Å². The number of ketones is 1. The molecule has 2 heterocycles. The molecule has 0 saturated carbocycles. The number of Topliss-reactive ketones (excluding diaryl/α,β-unsaturated/α-hetero) is 1. The molecule has 0 N–H and O–H groups in total. The van der Waals surface area contributed by atoms with Gasteiger partial charge in [0.15, 0.2) is 17.4 Å². The van der Waals surface area contributed by atoms with Crippen molar-refractivity contribution in [1.82, 2.24) is 19.7 Å². The van der Waals surface area contributed by atoms with Crippen molar-refractivity contribution in [3.05, 3.63) is 53.8 Å². The van der Waals surface area contributed by atoms with Gasteiger partial charge >= 0.3 is 0 Å². The Morgan fingerprint density at radius 1 is 1.14 bits per heavy atom. The molecule has 7 nitrogen and oxygen atoms in total. The maximum Gasteiger partial charge on any atom is 0.181 e. The molecule has 8 heteroatoms. The average molecular weight is 481 g/mol. The van der Waals surface area contributed by atoms with Crippen molar-refractivity contribution >= 4 is 5.78 Å². The van der Waals surface area contributed by atoms with E-state index in [0.717, 1.165) is 38.4 Å². The van der Waals surface area contributed by atoms with Crippen molar-refractivity contribution < 1.29 is 18.7 Å². The third-order valence-electron chi connectivity index (χ3n) is 6.07. The molecular formula is C27H33FN4O3. The highest BCUT2D eigenvalue weighted by Gasteiger charge is 2.18. The van der Waals surface area contributed by atoms with Crippen LogP contribution in [0.1, 0.15) is 25.8 Å². The quantitative estimate of drug-likeness (QED) is 0.432. The summed E-state index contributed by atoms with van der Waals surface area (Å²) < 4.78 is 27.3. The van der Waals surface area contributed by atoms with E-state index in [9.17, 15) is 9.18 Å². The summed E-state index contributed by atoms with van der Waals surface area (Å²) in [4.78, 5) is 19.6. The maximum atomic E-state index is 15.0. The number of benzene rings is 2. The molecule has 0 unspecified atom stereocenters. The van der Waals surface area contributed by atoms with Crippen LogP contribution in [0, 0.1) is 11.7 Å². The molecule has 2 aromatic carbocycles. The first kappa shape index (κ1) is 25.0. The lowest BCUT2D eigenvalue weighted by Gasteiger charge is -2.26. The molecule has 4 rings (SSSR count). The van der Waals surface area contributed by atoms with Crippen LogP contribution in [-0.4, -0.2) is 65.4 Å². The lowest BCUT2D eigenvalue weighted by Crippen LogP contribution is -2.37. The molecule has 0 amide bonds. The second-order valence-corrected chi connectivity index (χ2v) is 9.30. The van der Waals surface area contributed by atoms with Crippen molar-refractivity contribution in [3.63, 3.8) is 0 Å². The van der Waals surface area contributed by atoms with Crippen molar-refractivity contribution in [2.45, 2.75) is 33.2 Å². The molecule has 0 bridgehead atoms. The fraction of sp³-hybridized carbons (Fsp3) is 0.444. The van der Waals surface area contributed by atoms with Crippen LogP contribution in [0.5, 0.6) is 5.75 Å². The van der Waals surface area contributed by atoms with Crippen LogP contribution in [-0.2, 0) is 22.5 Å². The molecule has 186 valence electrons. The second kappa shape index (κ2) is 11.6. The van der Waals surface area contributed by atoms with E-state index in [0.29, 0.717) is 41.4 Å². The Kier molecular flexibility index (Phi) is 8.25. The maximum absolute atomic E-state index is 15.0. The fourth-order valence-corrected chi connectivity index (χ4v) is 4.23. The number of methoxy groups -OCH3 is 1. The van der Waals surface area contributed by atoms with E-state index >= 15 is 0 Å². The first-order valence-electron chi connectivity index (χ1n) is 12.1. The van der Waals surface area contributed by atoms with Crippen LogP contribution in [0.2, 0.25) is 0 Å². The molecule has 0 atom stereocenters. The number of carbonyl (C=O) groups excluding carboxylic acids is 1. The number of halogens is 1. The molecule has 3 aromatic rings. The highest BCUT2D eigenvalue weighted by atomic mass is 19.1. The van der Waals surface area contributed by atoms with Crippen molar-refractivity contribution in [2.24, 2.45) is 5.92 Å². The van der Waals surface area contributed by atoms with Gasteiger partial charge in [-0.15, -0.1) is 5.10 Å². The van der Waals surface area contributed by atoms with Crippen LogP contribution < -0.4 is 4.74 Å². The smallest absolute Gasteiger partial charge is 0.181 e. The Bertz CT molecular complexity index is 1160. The summed E-state index contributed by atoms with van der Waals surface area (Å²) in [6.07, 6.45) is 1.09. The number of morpholine rings is 1. The Labute approximate surface area is 205 Å². The monoisotopic (exact) mass is 480 g/mol. The third-order valence-corrected chi connectivity index (χ3v) is 6.07. The average Bonchev–Trinajstić information content (AvgIpc) is 3.27. The summed E-state index contributed by atoms with van der Waals surface area (Å²) in [6, 6.07) is 12.6. The molecule has 1 saturated heterocycles. The number of aromatic nitrogens is 3. The van der Waals surface area contributed by atoms with Gasteiger partial charge in [-0.1, -0.05) is 38.1 Å². The largest absolute Gasteiger partial charge is 0.497 e. The van der Waals surface area contributed by atoms with E-state index < -0.39 is 0 Å². The third kappa shape index (κ3) is 6.52. The molecule has 1 aliphatic rings. The predicted octanol–water partition coefficient (Wildman–Crippen LogP) is 4.25. The molecule has 1 aromatic heterocycles. The standard InChI is InChI=1S/C27H33FN4O3/c1-19(2)15-23(33)18-32-27(22-5-4-6-24(16-22)34-3)29-26(30-32)21-8-7-20(25(28)17-21)9-10-31-11-13-35-14-12-31/h4-8,16-17,19H,9-15,18H2,1-3H3. The number of hydrogen-bond acceptors (Lipinski definition) is 6. The van der Waals surface area contributed by atoms with Gasteiger partial charge < -0.3 is 9.47 Å². The summed E-state index contributed by atoms with van der Waals surface area (Å²) in [7, 11) is 1.60. The molecule has 1 aliphatic heterocycles. The number of carbonyl (C=O) groups is 1. The summed E-state index contributed by atoms with van der Waals surface area (Å²) >= 11 is 0. The topological polar surface area (TPSA) is 69.5 Å². The van der Waals surface area contributed by atoms with Crippen molar-refractivity contribution in [2.75, 3.05) is 40.0 Å². The van der Waals surface area contributed by atoms with E-state index in [1.807, 2.05) is 44.2 Å². The van der Waals surface area contributed by atoms with E-state index in [1.165, 1.54) is 6.07 Å². The van der Waals surface area contributed by atoms with E-state index in [4.69, 9.17) is 14.5 Å². The van der Waals surface area contributed by atoms with Gasteiger partial charge in [0, 0.05) is 37.2 Å². The first-order valence-corrected chi connectivity index (χ1v) is 12.1. The van der Waals surface area contributed by atoms with Gasteiger partial charge in [0.25, 0.3) is 0 Å². The zero-order valence-electron chi connectivity index (χ0n) is 20.7. The Hall–Kier alpha value is -3.10. The summed E-state index contributed by atoms with van der Waals surface area (Å²) in [5.74, 6) is 1.68. The number of rotatable bonds is 10. The van der Waals surface area contributed by atoms with Crippen LogP contribution in [0.15, 0.2) is 42.5 Å². The second-order valence-electron chi connectivity index (χ2n) is 9.30. The Balaban J connectivity index is 1.59. The molecule has 0 aliphatic carbocycles. The number of ether oxygens (including phenoxy) is 2. The zero-order chi connectivity index (χ0) is 24.8. The highest BCUT2D eigenvalue weighted by Crippen LogP contribution is 2.27. The zero-order valence-corrected chi connectivity index (χ0v) is 20.7. The predicted molar refractivity (Wildman–Crippen MR) is 133 cm³/mol. The number of nitrogens with zero attached hydrogens (tertiary/aromatic N) is 4. The van der Waals surface area contributed by atoms with Gasteiger partial charge in [0.05, 0.1) is 20.3 Å². The minimum Gasteiger partial charge on any atom is -0.497 e. The molecule has 0 radical (unpaired) electrons. The van der Waals surface area contributed by atoms with Crippen LogP contribution in [0.4, 0.5) is 4.39 Å². The highest BCUT2D eigenvalue weighted by molar-refractivity contribution is 5.79. The summed E-state index contributed by atoms with van der Waals surface area (Å²) in [5, 5.41) is 4.60. The minimum absolute atomic E-state index is 0.0743. The molecular weight excluding hydrogens is 447 g/mol. The first-order chi connectivity index (χ1) is 16.9. The van der Waals surface area contributed by atoms with E-state index in [1.54, 1.807) is 17.9 Å². The normalized spacial score (nSPS) is 14.4. The van der Waals surface area contributed by atoms with Crippen LogP contribution in [0.25, 0.3) is 22.8 Å². The number of hydrogen-bond donors (Lipinski definition) is 0. The molecule has 0 spiro atoms. The van der Waals surface area contributed by atoms with E-state index in [2.05, 4.69) is 10.00 Å². The van der Waals surface area contributed by atoms with Gasteiger partial charge in [-0.05, 0) is 36.1 Å². The van der Waals surface area contributed by atoms with Gasteiger partial charge in [0.2, 0.25) is 0 Å². The lowest BCUT2D eigenvalue weighted by atomic mass is 10.1. The summed E-state index contributed by atoms with van der Waals surface area (Å²) in [6.45, 7) is 8.14. The molecule has 35 heavy (non-hydrogen) atoms. The van der Waals surface area contributed by atoms with Crippen molar-refractivity contribution in [1.29, 1.82) is 0 Å². The lowest BCUT2D eigenvalue weighted by molar-refractivity contribution is -0.120. The van der Waals surface area contributed by atoms with Gasteiger partial charge in [-0.25, -0.2) is 14.1 Å². The minimum atomic E-state index is -0.272. The SMILES string of the molecule is COc1cccc(-c2nc(-c3ccc(CCN4CCOCC4)c(F)c3)nn2CC(=O)CC(C)C)c1. The summed E-state index contributed by atoms with van der Waals surface area (Å²) in [5.41, 5.74) is 2.03. The van der Waals surface area contributed by atoms with Crippen LogP contribution >= 0.6 is 0 Å². The molecule has 1 fully saturated rings. The van der Waals surface area contributed by atoms with E-state index in [-0.39, 0.29) is 24.1 Å².